The summed E-state index contributed by atoms with van der Waals surface area (Å²) in [4.78, 5) is 9.18. The van der Waals surface area contributed by atoms with Crippen LogP contribution in [0, 0.1) is 12.7 Å². The molecule has 0 aliphatic heterocycles. The van der Waals surface area contributed by atoms with Crippen LogP contribution in [-0.2, 0) is 13.1 Å². The Balaban J connectivity index is 1.56. The molecule has 5 nitrogen and oxygen atoms in total. The van der Waals surface area contributed by atoms with Gasteiger partial charge >= 0.3 is 0 Å². The van der Waals surface area contributed by atoms with E-state index in [-0.39, 0.29) is 5.82 Å². The first-order chi connectivity index (χ1) is 13.2. The molecule has 0 spiro atoms. The van der Waals surface area contributed by atoms with Gasteiger partial charge in [0.1, 0.15) is 23.2 Å². The minimum atomic E-state index is -0.245. The minimum Gasteiger partial charge on any atom is -0.465 e. The predicted molar refractivity (Wildman–Crippen MR) is 104 cm³/mol. The Morgan fingerprint density at radius 1 is 0.889 bits per heavy atom. The van der Waals surface area contributed by atoms with Crippen LogP contribution in [0.25, 0.3) is 10.9 Å². The van der Waals surface area contributed by atoms with Crippen molar-refractivity contribution in [1.29, 1.82) is 0 Å². The van der Waals surface area contributed by atoms with E-state index in [1.165, 1.54) is 12.1 Å². The van der Waals surface area contributed by atoms with Crippen molar-refractivity contribution in [3.05, 3.63) is 83.6 Å². The highest BCUT2D eigenvalue weighted by Crippen LogP contribution is 2.23. The Morgan fingerprint density at radius 3 is 2.48 bits per heavy atom. The molecule has 27 heavy (non-hydrogen) atoms. The number of furan rings is 1. The van der Waals surface area contributed by atoms with Gasteiger partial charge in [-0.2, -0.15) is 4.98 Å². The molecule has 0 saturated heterocycles. The first kappa shape index (κ1) is 17.0. The van der Waals surface area contributed by atoms with Crippen LogP contribution in [0.15, 0.2) is 65.1 Å². The summed E-state index contributed by atoms with van der Waals surface area (Å²) in [6.07, 6.45) is 0. The summed E-state index contributed by atoms with van der Waals surface area (Å²) < 4.78 is 18.7. The molecule has 2 aromatic heterocycles. The van der Waals surface area contributed by atoms with Crippen molar-refractivity contribution in [2.45, 2.75) is 20.0 Å². The number of hydrogen-bond acceptors (Lipinski definition) is 5. The van der Waals surface area contributed by atoms with E-state index in [1.54, 1.807) is 12.1 Å². The van der Waals surface area contributed by atoms with Crippen molar-refractivity contribution in [3.8, 4) is 0 Å². The Bertz CT molecular complexity index is 1060. The molecule has 0 amide bonds. The molecule has 136 valence electrons. The lowest BCUT2D eigenvalue weighted by atomic mass is 10.2. The number of nitrogens with zero attached hydrogens (tertiary/aromatic N) is 2. The van der Waals surface area contributed by atoms with Gasteiger partial charge in [0.05, 0.1) is 12.1 Å². The van der Waals surface area contributed by atoms with E-state index < -0.39 is 0 Å². The summed E-state index contributed by atoms with van der Waals surface area (Å²) in [5.41, 5.74) is 1.81. The van der Waals surface area contributed by atoms with Gasteiger partial charge in [-0.15, -0.1) is 0 Å². The van der Waals surface area contributed by atoms with Gasteiger partial charge < -0.3 is 15.1 Å². The summed E-state index contributed by atoms with van der Waals surface area (Å²) in [7, 11) is 0. The second-order valence-electron chi connectivity index (χ2n) is 6.26. The minimum absolute atomic E-state index is 0.245. The average Bonchev–Trinajstić information content (AvgIpc) is 3.11. The van der Waals surface area contributed by atoms with Crippen LogP contribution in [0.2, 0.25) is 0 Å². The molecule has 4 aromatic rings. The van der Waals surface area contributed by atoms with Crippen LogP contribution in [0.4, 0.5) is 16.2 Å². The number of benzene rings is 2. The normalized spacial score (nSPS) is 10.9. The molecule has 2 N–H and O–H groups in total. The highest BCUT2D eigenvalue weighted by Gasteiger charge is 2.08. The highest BCUT2D eigenvalue weighted by molar-refractivity contribution is 5.90. The average molecular weight is 362 g/mol. The number of aryl methyl sites for hydroxylation is 1. The maximum absolute atomic E-state index is 13.1. The van der Waals surface area contributed by atoms with E-state index in [2.05, 4.69) is 20.6 Å². The van der Waals surface area contributed by atoms with Gasteiger partial charge in [-0.3, -0.25) is 0 Å². The molecular weight excluding hydrogens is 343 g/mol. The zero-order chi connectivity index (χ0) is 18.6. The molecule has 2 heterocycles. The number of rotatable bonds is 6. The second-order valence-corrected chi connectivity index (χ2v) is 6.26. The van der Waals surface area contributed by atoms with E-state index in [9.17, 15) is 4.39 Å². The largest absolute Gasteiger partial charge is 0.465 e. The van der Waals surface area contributed by atoms with Gasteiger partial charge in [-0.1, -0.05) is 24.3 Å². The molecule has 0 radical (unpaired) electrons. The lowest BCUT2D eigenvalue weighted by molar-refractivity contribution is 0.490. The molecule has 2 aromatic carbocycles. The number of aromatic nitrogens is 2. The summed E-state index contributed by atoms with van der Waals surface area (Å²) in [6.45, 7) is 2.95. The van der Waals surface area contributed by atoms with Crippen LogP contribution in [-0.4, -0.2) is 9.97 Å². The Labute approximate surface area is 156 Å². The number of fused-ring (bicyclic) bond motifs is 1. The van der Waals surface area contributed by atoms with Crippen LogP contribution >= 0.6 is 0 Å². The van der Waals surface area contributed by atoms with E-state index in [0.717, 1.165) is 33.8 Å². The number of para-hydroxylation sites is 1. The van der Waals surface area contributed by atoms with Crippen LogP contribution in [0.1, 0.15) is 17.1 Å². The third-order valence-corrected chi connectivity index (χ3v) is 4.19. The number of hydrogen-bond donors (Lipinski definition) is 2. The number of nitrogens with one attached hydrogen (secondary N) is 2. The van der Waals surface area contributed by atoms with Crippen molar-refractivity contribution in [1.82, 2.24) is 9.97 Å². The molecule has 0 saturated carbocycles. The number of halogens is 1. The fourth-order valence-electron chi connectivity index (χ4n) is 2.82. The van der Waals surface area contributed by atoms with Gasteiger partial charge in [0.2, 0.25) is 5.95 Å². The monoisotopic (exact) mass is 362 g/mol. The van der Waals surface area contributed by atoms with Crippen molar-refractivity contribution in [2.75, 3.05) is 10.6 Å². The molecule has 4 rings (SSSR count). The lowest BCUT2D eigenvalue weighted by Crippen LogP contribution is -2.07. The molecule has 6 heteroatoms. The van der Waals surface area contributed by atoms with E-state index in [1.807, 2.05) is 43.3 Å². The van der Waals surface area contributed by atoms with E-state index in [0.29, 0.717) is 19.0 Å². The van der Waals surface area contributed by atoms with Gasteiger partial charge in [-0.25, -0.2) is 9.37 Å². The standard InChI is InChI=1S/C21H19FN4O/c1-14-6-11-17(27-14)13-24-21-25-19-5-3-2-4-18(19)20(26-21)23-12-15-7-9-16(22)10-8-15/h2-11H,12-13H2,1H3,(H2,23,24,25,26). The molecule has 0 unspecified atom stereocenters. The third kappa shape index (κ3) is 4.06. The molecule has 0 aliphatic carbocycles. The Morgan fingerprint density at radius 2 is 1.70 bits per heavy atom. The molecule has 0 aliphatic rings. The van der Waals surface area contributed by atoms with Gasteiger partial charge in [-0.05, 0) is 48.9 Å². The molecule has 0 bridgehead atoms. The van der Waals surface area contributed by atoms with Crippen molar-refractivity contribution >= 4 is 22.7 Å². The maximum atomic E-state index is 13.1. The van der Waals surface area contributed by atoms with E-state index >= 15 is 0 Å². The van der Waals surface area contributed by atoms with E-state index in [4.69, 9.17) is 4.42 Å². The molecule has 0 fully saturated rings. The summed E-state index contributed by atoms with van der Waals surface area (Å²) >= 11 is 0. The third-order valence-electron chi connectivity index (χ3n) is 4.19. The second kappa shape index (κ2) is 7.45. The maximum Gasteiger partial charge on any atom is 0.225 e. The lowest BCUT2D eigenvalue weighted by Gasteiger charge is -2.11. The zero-order valence-electron chi connectivity index (χ0n) is 14.9. The predicted octanol–water partition coefficient (Wildman–Crippen LogP) is 4.89. The quantitative estimate of drug-likeness (QED) is 0.511. The van der Waals surface area contributed by atoms with Crippen molar-refractivity contribution in [3.63, 3.8) is 0 Å². The summed E-state index contributed by atoms with van der Waals surface area (Å²) in [6, 6.07) is 18.1. The molecular formula is C21H19FN4O. The van der Waals surface area contributed by atoms with Gasteiger partial charge in [0.15, 0.2) is 0 Å². The Kier molecular flexibility index (Phi) is 4.70. The SMILES string of the molecule is Cc1ccc(CNc2nc(NCc3ccc(F)cc3)c3ccccc3n2)o1. The fourth-order valence-corrected chi connectivity index (χ4v) is 2.82. The first-order valence-electron chi connectivity index (χ1n) is 8.72. The van der Waals surface area contributed by atoms with Crippen molar-refractivity contribution < 1.29 is 8.81 Å². The topological polar surface area (TPSA) is 63.0 Å². The summed E-state index contributed by atoms with van der Waals surface area (Å²) in [5.74, 6) is 2.69. The molecule has 0 atom stereocenters. The van der Waals surface area contributed by atoms with Crippen LogP contribution < -0.4 is 10.6 Å². The fraction of sp³-hybridized carbons (Fsp3) is 0.143. The van der Waals surface area contributed by atoms with Crippen LogP contribution in [0.5, 0.6) is 0 Å². The van der Waals surface area contributed by atoms with Crippen molar-refractivity contribution in [2.24, 2.45) is 0 Å². The zero-order valence-corrected chi connectivity index (χ0v) is 14.9. The van der Waals surface area contributed by atoms with Crippen LogP contribution in [0.3, 0.4) is 0 Å². The highest BCUT2D eigenvalue weighted by atomic mass is 19.1. The van der Waals surface area contributed by atoms with Gasteiger partial charge in [0.25, 0.3) is 0 Å². The van der Waals surface area contributed by atoms with Gasteiger partial charge in [0, 0.05) is 11.9 Å². The summed E-state index contributed by atoms with van der Waals surface area (Å²) in [5, 5.41) is 7.47. The first-order valence-corrected chi connectivity index (χ1v) is 8.72. The smallest absolute Gasteiger partial charge is 0.225 e. The Hall–Kier alpha value is -3.41. The number of anilines is 2.